The first-order valence-corrected chi connectivity index (χ1v) is 11.0. The van der Waals surface area contributed by atoms with Crippen LogP contribution in [0.5, 0.6) is 11.5 Å². The number of hydrogen-bond donors (Lipinski definition) is 1. The van der Waals surface area contributed by atoms with Gasteiger partial charge in [0.15, 0.2) is 11.5 Å². The number of ether oxygens (including phenoxy) is 2. The van der Waals surface area contributed by atoms with Gasteiger partial charge in [-0.3, -0.25) is 0 Å². The molecule has 0 unspecified atom stereocenters. The molecule has 0 saturated heterocycles. The minimum absolute atomic E-state index is 0.294. The van der Waals surface area contributed by atoms with Gasteiger partial charge >= 0.3 is 6.18 Å². The van der Waals surface area contributed by atoms with Crippen LogP contribution in [0.25, 0.3) is 28.0 Å². The Bertz CT molecular complexity index is 1580. The van der Waals surface area contributed by atoms with Gasteiger partial charge in [0.25, 0.3) is 0 Å². The number of rotatable bonds is 4. The Hall–Kier alpha value is -4.67. The fourth-order valence-corrected chi connectivity index (χ4v) is 4.00. The Morgan fingerprint density at radius 2 is 1.75 bits per heavy atom. The molecule has 8 nitrogen and oxygen atoms in total. The summed E-state index contributed by atoms with van der Waals surface area (Å²) in [5, 5.41) is 11.8. The van der Waals surface area contributed by atoms with Crippen molar-refractivity contribution in [1.29, 1.82) is 0 Å². The fourth-order valence-electron chi connectivity index (χ4n) is 4.00. The molecule has 6 rings (SSSR count). The first-order valence-electron chi connectivity index (χ1n) is 11.0. The van der Waals surface area contributed by atoms with Crippen LogP contribution in [0.2, 0.25) is 0 Å². The Morgan fingerprint density at radius 3 is 2.61 bits per heavy atom. The van der Waals surface area contributed by atoms with Crippen molar-refractivity contribution in [2.45, 2.75) is 6.18 Å². The molecule has 1 aliphatic rings. The van der Waals surface area contributed by atoms with Crippen molar-refractivity contribution in [3.8, 4) is 34.0 Å². The molecule has 0 bridgehead atoms. The monoisotopic (exact) mass is 490 g/mol. The maximum Gasteiger partial charge on any atom is 0.416 e. The Kier molecular flexibility index (Phi) is 5.17. The van der Waals surface area contributed by atoms with Gasteiger partial charge in [0, 0.05) is 29.7 Å². The molecule has 4 heterocycles. The van der Waals surface area contributed by atoms with Gasteiger partial charge in [-0.25, -0.2) is 9.97 Å². The van der Waals surface area contributed by atoms with Crippen LogP contribution < -0.4 is 14.8 Å². The third-order valence-electron chi connectivity index (χ3n) is 5.59. The Balaban J connectivity index is 1.43. The minimum Gasteiger partial charge on any atom is -0.486 e. The second-order valence-corrected chi connectivity index (χ2v) is 7.95. The van der Waals surface area contributed by atoms with E-state index in [0.717, 1.165) is 12.1 Å². The van der Waals surface area contributed by atoms with Crippen LogP contribution in [0, 0.1) is 0 Å². The largest absolute Gasteiger partial charge is 0.486 e. The van der Waals surface area contributed by atoms with Crippen molar-refractivity contribution in [3.63, 3.8) is 0 Å². The van der Waals surface area contributed by atoms with Crippen LogP contribution in [0.4, 0.5) is 24.8 Å². The van der Waals surface area contributed by atoms with E-state index in [1.807, 2.05) is 6.07 Å². The summed E-state index contributed by atoms with van der Waals surface area (Å²) in [4.78, 5) is 8.93. The molecule has 180 valence electrons. The molecule has 0 saturated carbocycles. The molecule has 0 amide bonds. The van der Waals surface area contributed by atoms with Crippen LogP contribution in [0.3, 0.4) is 0 Å². The summed E-state index contributed by atoms with van der Waals surface area (Å²) in [7, 11) is 0. The molecule has 0 aliphatic carbocycles. The van der Waals surface area contributed by atoms with E-state index < -0.39 is 11.7 Å². The predicted octanol–water partition coefficient (Wildman–Crippen LogP) is 5.39. The van der Waals surface area contributed by atoms with E-state index in [0.29, 0.717) is 64.4 Å². The SMILES string of the molecule is FC(F)(F)c1cccc(-c2nn3ncccc3c2-c2ccnc(Nc3ccc4c(c3)OCCO4)n2)c1. The summed E-state index contributed by atoms with van der Waals surface area (Å²) in [5.41, 5.74) is 2.15. The Morgan fingerprint density at radius 1 is 0.889 bits per heavy atom. The topological polar surface area (TPSA) is 86.5 Å². The fraction of sp³-hybridized carbons (Fsp3) is 0.120. The minimum atomic E-state index is -4.48. The number of anilines is 2. The number of benzene rings is 2. The average Bonchev–Trinajstić information content (AvgIpc) is 3.28. The zero-order valence-corrected chi connectivity index (χ0v) is 18.5. The van der Waals surface area contributed by atoms with E-state index in [1.165, 1.54) is 10.7 Å². The third-order valence-corrected chi connectivity index (χ3v) is 5.59. The second kappa shape index (κ2) is 8.52. The molecule has 11 heteroatoms. The number of hydrogen-bond acceptors (Lipinski definition) is 7. The standard InChI is InChI=1S/C25H17F3N6O2/c26-25(27,28)16-4-1-3-15(13-16)23-22(19-5-2-9-30-34(19)33-23)18-8-10-29-24(32-18)31-17-6-7-20-21(14-17)36-12-11-35-20/h1-10,13-14H,11-12H2,(H,29,31,32). The highest BCUT2D eigenvalue weighted by molar-refractivity contribution is 5.90. The molecule has 0 spiro atoms. The maximum atomic E-state index is 13.4. The number of aromatic nitrogens is 5. The molecule has 2 aromatic carbocycles. The van der Waals surface area contributed by atoms with Gasteiger partial charge in [-0.15, -0.1) is 5.10 Å². The van der Waals surface area contributed by atoms with E-state index in [9.17, 15) is 13.2 Å². The molecule has 1 aliphatic heterocycles. The van der Waals surface area contributed by atoms with Gasteiger partial charge in [0.2, 0.25) is 5.95 Å². The lowest BCUT2D eigenvalue weighted by molar-refractivity contribution is -0.137. The highest BCUT2D eigenvalue weighted by atomic mass is 19.4. The van der Waals surface area contributed by atoms with Gasteiger partial charge < -0.3 is 14.8 Å². The number of nitrogens with one attached hydrogen (secondary N) is 1. The third kappa shape index (κ3) is 4.04. The molecule has 1 N–H and O–H groups in total. The van der Waals surface area contributed by atoms with Crippen molar-refractivity contribution in [2.75, 3.05) is 18.5 Å². The molecule has 3 aromatic heterocycles. The molecule has 5 aromatic rings. The van der Waals surface area contributed by atoms with Crippen LogP contribution >= 0.6 is 0 Å². The van der Waals surface area contributed by atoms with Gasteiger partial charge in [0.1, 0.15) is 18.9 Å². The van der Waals surface area contributed by atoms with E-state index in [2.05, 4.69) is 25.5 Å². The quantitative estimate of drug-likeness (QED) is 0.362. The molecule has 0 radical (unpaired) electrons. The van der Waals surface area contributed by atoms with Crippen LogP contribution in [-0.4, -0.2) is 38.0 Å². The first-order chi connectivity index (χ1) is 17.5. The second-order valence-electron chi connectivity index (χ2n) is 7.95. The van der Waals surface area contributed by atoms with Crippen molar-refractivity contribution in [2.24, 2.45) is 0 Å². The van der Waals surface area contributed by atoms with Crippen LogP contribution in [0.15, 0.2) is 73.1 Å². The summed E-state index contributed by atoms with van der Waals surface area (Å²) < 4.78 is 52.7. The van der Waals surface area contributed by atoms with Gasteiger partial charge in [0.05, 0.1) is 22.3 Å². The summed E-state index contributed by atoms with van der Waals surface area (Å²) in [6, 6.07) is 15.6. The molecule has 36 heavy (non-hydrogen) atoms. The number of alkyl halides is 3. The lowest BCUT2D eigenvalue weighted by atomic mass is 10.0. The zero-order chi connectivity index (χ0) is 24.7. The normalized spacial score (nSPS) is 13.1. The van der Waals surface area contributed by atoms with Crippen molar-refractivity contribution in [3.05, 3.63) is 78.6 Å². The van der Waals surface area contributed by atoms with Crippen LogP contribution in [-0.2, 0) is 6.18 Å². The average molecular weight is 490 g/mol. The molecular formula is C25H17F3N6O2. The van der Waals surface area contributed by atoms with Crippen molar-refractivity contribution >= 4 is 17.2 Å². The van der Waals surface area contributed by atoms with Crippen molar-refractivity contribution in [1.82, 2.24) is 24.8 Å². The highest BCUT2D eigenvalue weighted by Crippen LogP contribution is 2.38. The Labute approximate surface area is 202 Å². The predicted molar refractivity (Wildman–Crippen MR) is 125 cm³/mol. The van der Waals surface area contributed by atoms with E-state index in [-0.39, 0.29) is 0 Å². The number of halogens is 3. The lowest BCUT2D eigenvalue weighted by Gasteiger charge is -2.19. The first kappa shape index (κ1) is 21.8. The summed E-state index contributed by atoms with van der Waals surface area (Å²) >= 11 is 0. The van der Waals surface area contributed by atoms with Gasteiger partial charge in [-0.05, 0) is 42.5 Å². The van der Waals surface area contributed by atoms with Gasteiger partial charge in [-0.1, -0.05) is 12.1 Å². The summed E-state index contributed by atoms with van der Waals surface area (Å²) in [5.74, 6) is 1.57. The number of nitrogens with zero attached hydrogens (tertiary/aromatic N) is 5. The summed E-state index contributed by atoms with van der Waals surface area (Å²) in [6.07, 6.45) is -1.36. The van der Waals surface area contributed by atoms with Gasteiger partial charge in [-0.2, -0.15) is 22.9 Å². The van der Waals surface area contributed by atoms with Crippen LogP contribution in [0.1, 0.15) is 5.56 Å². The molecular weight excluding hydrogens is 473 g/mol. The lowest BCUT2D eigenvalue weighted by Crippen LogP contribution is -2.15. The highest BCUT2D eigenvalue weighted by Gasteiger charge is 2.31. The summed E-state index contributed by atoms with van der Waals surface area (Å²) in [6.45, 7) is 0.956. The zero-order valence-electron chi connectivity index (χ0n) is 18.5. The molecule has 0 atom stereocenters. The smallest absolute Gasteiger partial charge is 0.416 e. The maximum absolute atomic E-state index is 13.4. The molecule has 0 fully saturated rings. The van der Waals surface area contributed by atoms with E-state index in [4.69, 9.17) is 9.47 Å². The van der Waals surface area contributed by atoms with E-state index in [1.54, 1.807) is 48.8 Å². The van der Waals surface area contributed by atoms with Crippen molar-refractivity contribution < 1.29 is 22.6 Å². The number of fused-ring (bicyclic) bond motifs is 2. The van der Waals surface area contributed by atoms with E-state index >= 15 is 0 Å².